The van der Waals surface area contributed by atoms with Crippen molar-refractivity contribution < 1.29 is 19.7 Å². The van der Waals surface area contributed by atoms with E-state index in [1.165, 1.54) is 25.7 Å². The Hall–Kier alpha value is -1.23. The second-order valence-electron chi connectivity index (χ2n) is 13.1. The number of ether oxygens (including phenoxy) is 1. The van der Waals surface area contributed by atoms with Crippen molar-refractivity contribution in [2.45, 2.75) is 117 Å². The van der Waals surface area contributed by atoms with Crippen LogP contribution in [0.1, 0.15) is 98.8 Å². The van der Waals surface area contributed by atoms with Crippen LogP contribution < -0.4 is 5.32 Å². The zero-order valence-electron chi connectivity index (χ0n) is 22.2. The zero-order valence-corrected chi connectivity index (χ0v) is 22.2. The minimum atomic E-state index is -0.281. The van der Waals surface area contributed by atoms with Crippen LogP contribution in [-0.2, 0) is 4.74 Å². The third-order valence-electron chi connectivity index (χ3n) is 11.0. The molecule has 1 amide bonds. The van der Waals surface area contributed by atoms with Crippen LogP contribution in [0.25, 0.3) is 0 Å². The predicted octanol–water partition coefficient (Wildman–Crippen LogP) is 6.61. The number of rotatable bonds is 6. The van der Waals surface area contributed by atoms with Crippen LogP contribution in [0.4, 0.5) is 4.79 Å². The fraction of sp³-hybridized carbons (Fsp3) is 0.897. The van der Waals surface area contributed by atoms with Crippen LogP contribution in [0, 0.1) is 46.3 Å². The van der Waals surface area contributed by atoms with Crippen molar-refractivity contribution in [3.63, 3.8) is 0 Å². The van der Waals surface area contributed by atoms with Crippen LogP contribution in [-0.4, -0.2) is 34.6 Å². The summed E-state index contributed by atoms with van der Waals surface area (Å²) < 4.78 is 6.35. The number of aliphatic hydroxyl groups excluding tert-OH is 2. The van der Waals surface area contributed by atoms with Crippen molar-refractivity contribution in [1.29, 1.82) is 0 Å². The Labute approximate surface area is 207 Å². The number of alkyl carbamates (subject to hydrolysis) is 1. The Kier molecular flexibility index (Phi) is 7.35. The van der Waals surface area contributed by atoms with Gasteiger partial charge in [0.15, 0.2) is 0 Å². The lowest BCUT2D eigenvalue weighted by Gasteiger charge is -2.62. The molecule has 34 heavy (non-hydrogen) atoms. The van der Waals surface area contributed by atoms with Crippen molar-refractivity contribution in [2.75, 3.05) is 0 Å². The number of allylic oxidation sites excluding steroid dienone is 1. The molecule has 0 radical (unpaired) electrons. The number of amides is 1. The smallest absolute Gasteiger partial charge is 0.407 e. The molecule has 10 atom stereocenters. The minimum Gasteiger partial charge on any atom is -0.513 e. The Balaban J connectivity index is 1.64. The largest absolute Gasteiger partial charge is 0.513 e. The summed E-state index contributed by atoms with van der Waals surface area (Å²) in [6, 6.07) is 0.0534. The summed E-state index contributed by atoms with van der Waals surface area (Å²) in [7, 11) is 0. The maximum atomic E-state index is 12.9. The fourth-order valence-electron chi connectivity index (χ4n) is 9.30. The molecule has 0 bridgehead atoms. The topological polar surface area (TPSA) is 78.8 Å². The summed E-state index contributed by atoms with van der Waals surface area (Å²) in [5.74, 6) is 3.58. The molecular formula is C29H49NO4. The number of fused-ring (bicyclic) bond motifs is 5. The summed E-state index contributed by atoms with van der Waals surface area (Å²) in [5.41, 5.74) is 0.195. The molecule has 0 saturated heterocycles. The monoisotopic (exact) mass is 475 g/mol. The minimum absolute atomic E-state index is 0.0386. The third kappa shape index (κ3) is 4.51. The molecule has 194 valence electrons. The maximum Gasteiger partial charge on any atom is 0.407 e. The van der Waals surface area contributed by atoms with Gasteiger partial charge in [-0.25, -0.2) is 4.79 Å². The van der Waals surface area contributed by atoms with E-state index >= 15 is 0 Å². The molecular weight excluding hydrogens is 426 g/mol. The molecule has 0 aliphatic heterocycles. The van der Waals surface area contributed by atoms with E-state index in [0.29, 0.717) is 41.9 Å². The molecule has 4 saturated carbocycles. The van der Waals surface area contributed by atoms with E-state index < -0.39 is 0 Å². The SMILES string of the molecule is C=C(O)CC[C@@H](C)[C@H]1CC[C@H]2[C@@H]3CC[C@@H]4C[C@H](O)CC[C@]4(C)[C@H]3C[C@H](OC(=O)NC(C)C)[C@]12C. The Morgan fingerprint density at radius 2 is 1.82 bits per heavy atom. The van der Waals surface area contributed by atoms with Crippen LogP contribution in [0.2, 0.25) is 0 Å². The number of hydrogen-bond donors (Lipinski definition) is 3. The highest BCUT2D eigenvalue weighted by Gasteiger charge is 2.65. The van der Waals surface area contributed by atoms with Crippen LogP contribution in [0.3, 0.4) is 0 Å². The van der Waals surface area contributed by atoms with Crippen molar-refractivity contribution in [3.05, 3.63) is 12.3 Å². The molecule has 4 rings (SSSR count). The molecule has 5 nitrogen and oxygen atoms in total. The van der Waals surface area contributed by atoms with Gasteiger partial charge in [0, 0.05) is 17.9 Å². The molecule has 5 heteroatoms. The van der Waals surface area contributed by atoms with Gasteiger partial charge in [0.2, 0.25) is 0 Å². The highest BCUT2D eigenvalue weighted by molar-refractivity contribution is 5.67. The van der Waals surface area contributed by atoms with Gasteiger partial charge < -0.3 is 20.3 Å². The first-order valence-electron chi connectivity index (χ1n) is 14.0. The lowest BCUT2D eigenvalue weighted by atomic mass is 9.43. The quantitative estimate of drug-likeness (QED) is 0.378. The lowest BCUT2D eigenvalue weighted by molar-refractivity contribution is -0.175. The molecule has 4 aliphatic rings. The lowest BCUT2D eigenvalue weighted by Crippen LogP contribution is -2.60. The number of carbonyl (C=O) groups is 1. The van der Waals surface area contributed by atoms with Gasteiger partial charge >= 0.3 is 6.09 Å². The van der Waals surface area contributed by atoms with Crippen LogP contribution in [0.15, 0.2) is 12.3 Å². The van der Waals surface area contributed by atoms with Gasteiger partial charge in [-0.1, -0.05) is 27.4 Å². The van der Waals surface area contributed by atoms with Gasteiger partial charge in [-0.15, -0.1) is 0 Å². The standard InChI is InChI=1S/C29H49NO4/c1-17(2)30-27(33)34-26-16-25-22(10-9-20-15-21(32)13-14-28(20,25)5)24-12-11-23(29(24,26)6)18(3)7-8-19(4)31/h17-18,20-26,31-32H,4,7-16H2,1-3,5-6H3,(H,30,33)/t18-,20-,21-,22+,23-,24+,25+,26+,28+,29-/m1/s1. The molecule has 4 fully saturated rings. The van der Waals surface area contributed by atoms with Gasteiger partial charge in [-0.2, -0.15) is 0 Å². The van der Waals surface area contributed by atoms with Crippen molar-refractivity contribution in [2.24, 2.45) is 46.3 Å². The summed E-state index contributed by atoms with van der Waals surface area (Å²) >= 11 is 0. The molecule has 0 spiro atoms. The van der Waals surface area contributed by atoms with E-state index in [2.05, 4.69) is 32.7 Å². The predicted molar refractivity (Wildman–Crippen MR) is 135 cm³/mol. The average Bonchev–Trinajstić information content (AvgIpc) is 3.11. The van der Waals surface area contributed by atoms with E-state index in [1.54, 1.807) is 0 Å². The fourth-order valence-corrected chi connectivity index (χ4v) is 9.30. The molecule has 0 aromatic carbocycles. The van der Waals surface area contributed by atoms with Crippen LogP contribution >= 0.6 is 0 Å². The van der Waals surface area contributed by atoms with Gasteiger partial charge in [0.1, 0.15) is 6.10 Å². The Morgan fingerprint density at radius 1 is 1.09 bits per heavy atom. The van der Waals surface area contributed by atoms with Crippen molar-refractivity contribution >= 4 is 6.09 Å². The van der Waals surface area contributed by atoms with E-state index in [-0.39, 0.29) is 40.9 Å². The van der Waals surface area contributed by atoms with Gasteiger partial charge in [0.05, 0.1) is 11.9 Å². The first kappa shape index (κ1) is 25.9. The Morgan fingerprint density at radius 3 is 2.50 bits per heavy atom. The molecule has 0 unspecified atom stereocenters. The molecule has 0 aromatic heterocycles. The van der Waals surface area contributed by atoms with Gasteiger partial charge in [-0.05, 0) is 113 Å². The Bertz CT molecular complexity index is 767. The highest BCUT2D eigenvalue weighted by Crippen LogP contribution is 2.69. The number of nitrogens with one attached hydrogen (secondary N) is 1. The molecule has 0 heterocycles. The molecule has 0 aromatic rings. The van der Waals surface area contributed by atoms with E-state index in [4.69, 9.17) is 4.74 Å². The van der Waals surface area contributed by atoms with E-state index in [0.717, 1.165) is 32.1 Å². The van der Waals surface area contributed by atoms with E-state index in [1.807, 2.05) is 13.8 Å². The van der Waals surface area contributed by atoms with E-state index in [9.17, 15) is 15.0 Å². The summed E-state index contributed by atoms with van der Waals surface area (Å²) in [4.78, 5) is 12.9. The second kappa shape index (κ2) is 9.67. The number of hydrogen-bond acceptors (Lipinski definition) is 4. The summed E-state index contributed by atoms with van der Waals surface area (Å²) in [5, 5.41) is 23.1. The van der Waals surface area contributed by atoms with Gasteiger partial charge in [0.25, 0.3) is 0 Å². The maximum absolute atomic E-state index is 12.9. The molecule has 4 aliphatic carbocycles. The second-order valence-corrected chi connectivity index (χ2v) is 13.1. The normalized spacial score (nSPS) is 44.5. The van der Waals surface area contributed by atoms with Crippen LogP contribution in [0.5, 0.6) is 0 Å². The van der Waals surface area contributed by atoms with Gasteiger partial charge in [-0.3, -0.25) is 0 Å². The first-order chi connectivity index (χ1) is 16.0. The summed E-state index contributed by atoms with van der Waals surface area (Å²) in [6.45, 7) is 14.9. The summed E-state index contributed by atoms with van der Waals surface area (Å²) in [6.07, 6.45) is 9.79. The highest BCUT2D eigenvalue weighted by atomic mass is 16.6. The van der Waals surface area contributed by atoms with Crippen molar-refractivity contribution in [3.8, 4) is 0 Å². The number of carbonyl (C=O) groups excluding carboxylic acids is 1. The third-order valence-corrected chi connectivity index (χ3v) is 11.0. The van der Waals surface area contributed by atoms with Crippen molar-refractivity contribution in [1.82, 2.24) is 5.32 Å². The molecule has 3 N–H and O–H groups in total. The zero-order chi connectivity index (χ0) is 24.8. The number of aliphatic hydroxyl groups is 2. The first-order valence-corrected chi connectivity index (χ1v) is 14.0. The average molecular weight is 476 g/mol.